The number of aliphatic hydroxyl groups is 2. The van der Waals surface area contributed by atoms with Crippen LogP contribution in [0, 0.1) is 3.57 Å². The molecule has 140 valence electrons. The third kappa shape index (κ3) is 4.84. The first-order valence-corrected chi connectivity index (χ1v) is 9.88. The van der Waals surface area contributed by atoms with Gasteiger partial charge in [0.25, 0.3) is 0 Å². The van der Waals surface area contributed by atoms with E-state index in [9.17, 15) is 19.8 Å². The van der Waals surface area contributed by atoms with Crippen LogP contribution in [0.5, 0.6) is 0 Å². The number of rotatable bonds is 5. The van der Waals surface area contributed by atoms with Crippen LogP contribution in [0.1, 0.15) is 20.1 Å². The Morgan fingerprint density at radius 1 is 1.56 bits per heavy atom. The van der Waals surface area contributed by atoms with Crippen molar-refractivity contribution in [2.24, 2.45) is 0 Å². The van der Waals surface area contributed by atoms with E-state index in [1.54, 1.807) is 18.7 Å². The minimum absolute atomic E-state index is 0.0599. The Morgan fingerprint density at radius 3 is 2.80 bits per heavy atom. The molecule has 1 aromatic rings. The number of thioether (sulfide) groups is 1. The summed E-state index contributed by atoms with van der Waals surface area (Å²) in [5.74, 6) is 0.0599. The lowest BCUT2D eigenvalue weighted by Gasteiger charge is -2.18. The van der Waals surface area contributed by atoms with Crippen molar-refractivity contribution >= 4 is 46.3 Å². The molecule has 0 aromatic carbocycles. The molecule has 11 heteroatoms. The fourth-order valence-electron chi connectivity index (χ4n) is 2.17. The van der Waals surface area contributed by atoms with E-state index in [-0.39, 0.29) is 17.7 Å². The summed E-state index contributed by atoms with van der Waals surface area (Å²) in [5, 5.41) is 22.3. The second kappa shape index (κ2) is 8.66. The van der Waals surface area contributed by atoms with Crippen LogP contribution in [0.3, 0.4) is 0 Å². The highest BCUT2D eigenvalue weighted by molar-refractivity contribution is 14.1. The molecular weight excluding hydrogens is 465 g/mol. The lowest BCUT2D eigenvalue weighted by Crippen LogP contribution is -2.36. The number of anilines is 1. The first kappa shape index (κ1) is 20.4. The van der Waals surface area contributed by atoms with Crippen LogP contribution >= 0.6 is 34.4 Å². The Hall–Kier alpha value is -0.890. The highest BCUT2D eigenvalue weighted by Crippen LogP contribution is 2.28. The number of amides is 1. The molecule has 0 bridgehead atoms. The van der Waals surface area contributed by atoms with Crippen molar-refractivity contribution in [2.75, 3.05) is 18.2 Å². The van der Waals surface area contributed by atoms with Crippen LogP contribution in [-0.4, -0.2) is 62.3 Å². The molecular formula is C14H20IN3O6S. The summed E-state index contributed by atoms with van der Waals surface area (Å²) < 4.78 is 12.0. The van der Waals surface area contributed by atoms with Crippen molar-refractivity contribution in [1.29, 1.82) is 0 Å². The maximum absolute atomic E-state index is 12.2. The van der Waals surface area contributed by atoms with Crippen molar-refractivity contribution in [3.63, 3.8) is 0 Å². The van der Waals surface area contributed by atoms with Gasteiger partial charge in [0.15, 0.2) is 12.0 Å². The Bertz CT molecular complexity index is 687. The number of nitrogens with one attached hydrogen (secondary N) is 1. The van der Waals surface area contributed by atoms with E-state index >= 15 is 0 Å². The Morgan fingerprint density at radius 2 is 2.24 bits per heavy atom. The van der Waals surface area contributed by atoms with Gasteiger partial charge in [0.2, 0.25) is 0 Å². The molecule has 0 radical (unpaired) electrons. The zero-order chi connectivity index (χ0) is 18.7. The molecule has 2 rings (SSSR count). The number of nitrogens with zero attached hydrogens (tertiary/aromatic N) is 2. The van der Waals surface area contributed by atoms with E-state index in [0.717, 1.165) is 4.57 Å². The van der Waals surface area contributed by atoms with Crippen molar-refractivity contribution in [3.05, 3.63) is 20.3 Å². The molecule has 0 spiro atoms. The molecule has 1 fully saturated rings. The molecule has 1 saturated heterocycles. The third-order valence-corrected chi connectivity index (χ3v) is 5.46. The predicted octanol–water partition coefficient (Wildman–Crippen LogP) is 0.787. The van der Waals surface area contributed by atoms with Gasteiger partial charge >= 0.3 is 11.8 Å². The second-order valence-corrected chi connectivity index (χ2v) is 8.05. The SMILES string of the molecule is CSC(C)COC(=O)Nc1nc(=O)n([C@@H]2O[C@H](C)[C@@H](O)[C@H]2O)cc1I. The first-order valence-electron chi connectivity index (χ1n) is 7.51. The number of aromatic nitrogens is 2. The molecule has 1 aromatic heterocycles. The number of aliphatic hydroxyl groups excluding tert-OH is 2. The fraction of sp³-hybridized carbons (Fsp3) is 0.643. The van der Waals surface area contributed by atoms with Gasteiger partial charge in [-0.2, -0.15) is 16.7 Å². The van der Waals surface area contributed by atoms with Gasteiger partial charge in [0.1, 0.15) is 18.8 Å². The molecule has 1 amide bonds. The van der Waals surface area contributed by atoms with Crippen LogP contribution in [-0.2, 0) is 9.47 Å². The summed E-state index contributed by atoms with van der Waals surface area (Å²) in [7, 11) is 0. The molecule has 9 nitrogen and oxygen atoms in total. The average Bonchev–Trinajstić information content (AvgIpc) is 2.83. The summed E-state index contributed by atoms with van der Waals surface area (Å²) in [6.07, 6.45) is -1.40. The summed E-state index contributed by atoms with van der Waals surface area (Å²) in [4.78, 5) is 27.8. The number of hydrogen-bond donors (Lipinski definition) is 3. The third-order valence-electron chi connectivity index (χ3n) is 3.73. The molecule has 1 unspecified atom stereocenters. The molecule has 2 heterocycles. The van der Waals surface area contributed by atoms with E-state index in [2.05, 4.69) is 10.3 Å². The minimum Gasteiger partial charge on any atom is -0.448 e. The van der Waals surface area contributed by atoms with Gasteiger partial charge in [-0.25, -0.2) is 9.59 Å². The highest BCUT2D eigenvalue weighted by atomic mass is 127. The van der Waals surface area contributed by atoms with Crippen LogP contribution in [0.15, 0.2) is 11.0 Å². The maximum atomic E-state index is 12.2. The zero-order valence-corrected chi connectivity index (χ0v) is 16.9. The Balaban J connectivity index is 2.12. The number of carbonyl (C=O) groups excluding carboxylic acids is 1. The predicted molar refractivity (Wildman–Crippen MR) is 101 cm³/mol. The molecule has 5 atom stereocenters. The van der Waals surface area contributed by atoms with Gasteiger partial charge < -0.3 is 19.7 Å². The molecule has 25 heavy (non-hydrogen) atoms. The van der Waals surface area contributed by atoms with Crippen molar-refractivity contribution in [3.8, 4) is 0 Å². The summed E-state index contributed by atoms with van der Waals surface area (Å²) in [6.45, 7) is 3.75. The normalized spacial score (nSPS) is 27.1. The van der Waals surface area contributed by atoms with E-state index in [1.165, 1.54) is 6.20 Å². The molecule has 0 aliphatic carbocycles. The van der Waals surface area contributed by atoms with E-state index in [4.69, 9.17) is 9.47 Å². The topological polar surface area (TPSA) is 123 Å². The number of hydrogen-bond acceptors (Lipinski definition) is 8. The minimum atomic E-state index is -1.25. The molecule has 1 aliphatic heterocycles. The standard InChI is InChI=1S/C14H20IN3O6S/c1-6(25-3)5-23-14(22)17-11-8(15)4-18(13(21)16-11)12-10(20)9(19)7(2)24-12/h4,6-7,9-10,12,19-20H,5H2,1-3H3,(H,16,17,21,22)/t6?,7-,9-,10-,12-/m1/s1. The monoisotopic (exact) mass is 485 g/mol. The maximum Gasteiger partial charge on any atom is 0.412 e. The van der Waals surface area contributed by atoms with Gasteiger partial charge in [-0.15, -0.1) is 0 Å². The van der Waals surface area contributed by atoms with Crippen LogP contribution in [0.2, 0.25) is 0 Å². The van der Waals surface area contributed by atoms with E-state index in [1.807, 2.05) is 35.8 Å². The van der Waals surface area contributed by atoms with Gasteiger partial charge in [-0.3, -0.25) is 9.88 Å². The Kier molecular flexibility index (Phi) is 7.08. The molecule has 0 saturated carbocycles. The highest BCUT2D eigenvalue weighted by Gasteiger charge is 2.42. The second-order valence-electron chi connectivity index (χ2n) is 5.61. The number of halogens is 1. The Labute approximate surface area is 162 Å². The number of ether oxygens (including phenoxy) is 2. The van der Waals surface area contributed by atoms with E-state index < -0.39 is 36.3 Å². The average molecular weight is 485 g/mol. The van der Waals surface area contributed by atoms with Crippen molar-refractivity contribution in [1.82, 2.24) is 9.55 Å². The van der Waals surface area contributed by atoms with Crippen molar-refractivity contribution < 1.29 is 24.5 Å². The van der Waals surface area contributed by atoms with Gasteiger partial charge in [-0.05, 0) is 35.8 Å². The van der Waals surface area contributed by atoms with Gasteiger partial charge in [0.05, 0.1) is 9.67 Å². The smallest absolute Gasteiger partial charge is 0.412 e. The van der Waals surface area contributed by atoms with Crippen LogP contribution in [0.25, 0.3) is 0 Å². The van der Waals surface area contributed by atoms with E-state index in [0.29, 0.717) is 3.57 Å². The molecule has 1 aliphatic rings. The lowest BCUT2D eigenvalue weighted by molar-refractivity contribution is -0.0351. The molecule has 3 N–H and O–H groups in total. The summed E-state index contributed by atoms with van der Waals surface area (Å²) in [5.41, 5.74) is -0.724. The zero-order valence-electron chi connectivity index (χ0n) is 13.9. The first-order chi connectivity index (χ1) is 11.7. The van der Waals surface area contributed by atoms with Crippen LogP contribution in [0.4, 0.5) is 10.6 Å². The summed E-state index contributed by atoms with van der Waals surface area (Å²) in [6, 6.07) is 0. The van der Waals surface area contributed by atoms with Gasteiger partial charge in [0, 0.05) is 11.4 Å². The van der Waals surface area contributed by atoms with Crippen LogP contribution < -0.4 is 11.0 Å². The quantitative estimate of drug-likeness (QED) is 0.524. The lowest BCUT2D eigenvalue weighted by atomic mass is 10.1. The summed E-state index contributed by atoms with van der Waals surface area (Å²) >= 11 is 3.45. The largest absolute Gasteiger partial charge is 0.448 e. The fourth-order valence-corrected chi connectivity index (χ4v) is 2.93. The van der Waals surface area contributed by atoms with Gasteiger partial charge in [-0.1, -0.05) is 6.92 Å². The number of carbonyl (C=O) groups is 1. The van der Waals surface area contributed by atoms with Crippen molar-refractivity contribution in [2.45, 2.75) is 43.6 Å².